The Bertz CT molecular complexity index is 617. The molecule has 0 saturated carbocycles. The fourth-order valence-electron chi connectivity index (χ4n) is 2.05. The van der Waals surface area contributed by atoms with E-state index in [-0.39, 0.29) is 29.8 Å². The highest BCUT2D eigenvalue weighted by Gasteiger charge is 2.33. The van der Waals surface area contributed by atoms with E-state index >= 15 is 0 Å². The summed E-state index contributed by atoms with van der Waals surface area (Å²) in [7, 11) is 0. The van der Waals surface area contributed by atoms with Crippen molar-refractivity contribution in [2.75, 3.05) is 6.61 Å². The molecule has 1 aliphatic rings. The number of aromatic nitrogens is 1. The number of hydrogen-bond acceptors (Lipinski definition) is 3. The quantitative estimate of drug-likeness (QED) is 0.837. The van der Waals surface area contributed by atoms with Crippen LogP contribution in [0.4, 0.5) is 8.78 Å². The lowest BCUT2D eigenvalue weighted by atomic mass is 9.89. The number of hydrogen-bond donors (Lipinski definition) is 1. The van der Waals surface area contributed by atoms with E-state index in [9.17, 15) is 18.4 Å². The molecule has 0 radical (unpaired) electrons. The number of carbonyl (C=O) groups is 1. The maximum absolute atomic E-state index is 13.9. The highest BCUT2D eigenvalue weighted by Crippen LogP contribution is 2.31. The number of alkyl halides is 1. The van der Waals surface area contributed by atoms with Crippen LogP contribution in [0.25, 0.3) is 5.83 Å². The summed E-state index contributed by atoms with van der Waals surface area (Å²) in [6.45, 7) is 2.89. The van der Waals surface area contributed by atoms with Crippen molar-refractivity contribution in [3.05, 3.63) is 39.3 Å². The van der Waals surface area contributed by atoms with Crippen molar-refractivity contribution < 1.29 is 18.3 Å². The first-order valence-corrected chi connectivity index (χ1v) is 5.85. The zero-order chi connectivity index (χ0) is 14.2. The zero-order valence-electron chi connectivity index (χ0n) is 10.5. The highest BCUT2D eigenvalue weighted by molar-refractivity contribution is 5.89. The Labute approximate surface area is 108 Å². The van der Waals surface area contributed by atoms with Gasteiger partial charge in [0.25, 0.3) is 0 Å². The van der Waals surface area contributed by atoms with Crippen LogP contribution in [0.2, 0.25) is 0 Å². The summed E-state index contributed by atoms with van der Waals surface area (Å²) in [5, 5.41) is 0. The van der Waals surface area contributed by atoms with E-state index in [2.05, 4.69) is 4.98 Å². The van der Waals surface area contributed by atoms with Crippen LogP contribution >= 0.6 is 0 Å². The molecule has 0 saturated heterocycles. The number of esters is 1. The summed E-state index contributed by atoms with van der Waals surface area (Å²) in [5.41, 5.74) is -3.04. The number of rotatable bonds is 2. The zero-order valence-corrected chi connectivity index (χ0v) is 10.5. The predicted octanol–water partition coefficient (Wildman–Crippen LogP) is 2.15. The largest absolute Gasteiger partial charge is 0.462 e. The van der Waals surface area contributed by atoms with Crippen molar-refractivity contribution in [1.82, 2.24) is 4.98 Å². The second-order valence-corrected chi connectivity index (χ2v) is 4.55. The molecule has 0 aromatic carbocycles. The van der Waals surface area contributed by atoms with Crippen LogP contribution in [0.15, 0.2) is 17.1 Å². The van der Waals surface area contributed by atoms with Crippen molar-refractivity contribution in [2.24, 2.45) is 0 Å². The number of fused-ring (bicyclic) bond motifs is 1. The number of pyridine rings is 1. The van der Waals surface area contributed by atoms with E-state index in [1.165, 1.54) is 6.92 Å². The Morgan fingerprint density at radius 1 is 1.58 bits per heavy atom. The Kier molecular flexibility index (Phi) is 3.26. The van der Waals surface area contributed by atoms with E-state index in [4.69, 9.17) is 4.74 Å². The average Bonchev–Trinajstić information content (AvgIpc) is 2.29. The van der Waals surface area contributed by atoms with Gasteiger partial charge in [0.2, 0.25) is 0 Å². The molecule has 1 heterocycles. The lowest BCUT2D eigenvalue weighted by molar-refractivity contribution is 0.0524. The monoisotopic (exact) mass is 269 g/mol. The van der Waals surface area contributed by atoms with E-state index in [1.54, 1.807) is 6.92 Å². The number of allylic oxidation sites excluding steroid dienone is 1. The number of carbonyl (C=O) groups excluding carboxylic acids is 1. The predicted molar refractivity (Wildman–Crippen MR) is 65.3 cm³/mol. The third-order valence-electron chi connectivity index (χ3n) is 2.87. The fourth-order valence-corrected chi connectivity index (χ4v) is 2.05. The number of ether oxygens (including phenoxy) is 1. The SMILES string of the molecule is CCOC(=O)c1c[nH]c2c(c1=O)CC(C)(F)C=C2F. The molecule has 0 fully saturated rings. The van der Waals surface area contributed by atoms with Crippen LogP contribution in [0.3, 0.4) is 0 Å². The molecular weight excluding hydrogens is 256 g/mol. The van der Waals surface area contributed by atoms with Gasteiger partial charge in [-0.2, -0.15) is 0 Å². The molecule has 1 atom stereocenters. The first-order valence-electron chi connectivity index (χ1n) is 5.85. The summed E-state index contributed by atoms with van der Waals surface area (Å²) in [6, 6.07) is 0. The third-order valence-corrected chi connectivity index (χ3v) is 2.87. The molecule has 0 amide bonds. The number of nitrogens with one attached hydrogen (secondary N) is 1. The molecule has 1 N–H and O–H groups in total. The van der Waals surface area contributed by atoms with E-state index in [0.29, 0.717) is 0 Å². The van der Waals surface area contributed by atoms with Gasteiger partial charge in [0, 0.05) is 18.2 Å². The molecule has 0 aliphatic heterocycles. The maximum Gasteiger partial charge on any atom is 0.343 e. The van der Waals surface area contributed by atoms with Crippen molar-refractivity contribution in [2.45, 2.75) is 25.9 Å². The lowest BCUT2D eigenvalue weighted by Gasteiger charge is -2.22. The Balaban J connectivity index is 2.56. The van der Waals surface area contributed by atoms with Gasteiger partial charge in [0.1, 0.15) is 17.1 Å². The topological polar surface area (TPSA) is 59.2 Å². The Hall–Kier alpha value is -1.98. The smallest absolute Gasteiger partial charge is 0.343 e. The van der Waals surface area contributed by atoms with Crippen LogP contribution in [0, 0.1) is 0 Å². The first-order chi connectivity index (χ1) is 8.85. The van der Waals surface area contributed by atoms with Gasteiger partial charge in [-0.3, -0.25) is 4.79 Å². The molecule has 6 heteroatoms. The van der Waals surface area contributed by atoms with Gasteiger partial charge in [-0.25, -0.2) is 13.6 Å². The molecule has 1 aromatic heterocycles. The van der Waals surface area contributed by atoms with E-state index in [1.807, 2.05) is 0 Å². The number of aromatic amines is 1. The Morgan fingerprint density at radius 3 is 2.89 bits per heavy atom. The van der Waals surface area contributed by atoms with Crippen LogP contribution in [-0.4, -0.2) is 23.2 Å². The van der Waals surface area contributed by atoms with Gasteiger partial charge in [-0.05, 0) is 19.9 Å². The molecule has 19 heavy (non-hydrogen) atoms. The first kappa shape index (κ1) is 13.5. The molecule has 0 spiro atoms. The molecule has 0 bridgehead atoms. The summed E-state index contributed by atoms with van der Waals surface area (Å²) >= 11 is 0. The van der Waals surface area contributed by atoms with E-state index < -0.39 is 22.9 Å². The van der Waals surface area contributed by atoms with Gasteiger partial charge < -0.3 is 9.72 Å². The minimum Gasteiger partial charge on any atom is -0.462 e. The number of halogens is 2. The number of H-pyrrole nitrogens is 1. The normalized spacial score (nSPS) is 21.6. The van der Waals surface area contributed by atoms with E-state index in [0.717, 1.165) is 12.3 Å². The second kappa shape index (κ2) is 4.60. The molecule has 1 aromatic rings. The van der Waals surface area contributed by atoms with Crippen molar-refractivity contribution in [3.8, 4) is 0 Å². The van der Waals surface area contributed by atoms with Gasteiger partial charge >= 0.3 is 5.97 Å². The van der Waals surface area contributed by atoms with Gasteiger partial charge in [0.05, 0.1) is 12.3 Å². The maximum atomic E-state index is 13.9. The summed E-state index contributed by atoms with van der Waals surface area (Å²) in [6.07, 6.45) is 1.63. The molecule has 1 aliphatic carbocycles. The molecule has 102 valence electrons. The molecule has 2 rings (SSSR count). The summed E-state index contributed by atoms with van der Waals surface area (Å²) in [5.74, 6) is -1.64. The van der Waals surface area contributed by atoms with Crippen molar-refractivity contribution in [3.63, 3.8) is 0 Å². The fraction of sp³-hybridized carbons (Fsp3) is 0.385. The summed E-state index contributed by atoms with van der Waals surface area (Å²) < 4.78 is 32.3. The molecule has 4 nitrogen and oxygen atoms in total. The summed E-state index contributed by atoms with van der Waals surface area (Å²) in [4.78, 5) is 26.1. The molecular formula is C13H13F2NO3. The van der Waals surface area contributed by atoms with Gasteiger partial charge in [-0.1, -0.05) is 0 Å². The highest BCUT2D eigenvalue weighted by atomic mass is 19.1. The van der Waals surface area contributed by atoms with Crippen LogP contribution in [0.5, 0.6) is 0 Å². The van der Waals surface area contributed by atoms with Gasteiger partial charge in [-0.15, -0.1) is 0 Å². The minimum atomic E-state index is -1.95. The van der Waals surface area contributed by atoms with Crippen LogP contribution in [-0.2, 0) is 11.2 Å². The Morgan fingerprint density at radius 2 is 2.26 bits per heavy atom. The minimum absolute atomic E-state index is 0.0736. The second-order valence-electron chi connectivity index (χ2n) is 4.55. The lowest BCUT2D eigenvalue weighted by Crippen LogP contribution is -2.31. The third kappa shape index (κ3) is 2.43. The van der Waals surface area contributed by atoms with Crippen LogP contribution < -0.4 is 5.43 Å². The average molecular weight is 269 g/mol. The van der Waals surface area contributed by atoms with Crippen molar-refractivity contribution >= 4 is 11.8 Å². The standard InChI is InChI=1S/C13H13F2NO3/c1-3-19-12(18)8-6-16-10-7(11(8)17)4-13(2,15)5-9(10)14/h5-6H,3-4H2,1-2H3,(H,16,17). The molecule has 1 unspecified atom stereocenters. The van der Waals surface area contributed by atoms with Crippen LogP contribution in [0.1, 0.15) is 35.5 Å². The van der Waals surface area contributed by atoms with Crippen molar-refractivity contribution in [1.29, 1.82) is 0 Å². The van der Waals surface area contributed by atoms with Gasteiger partial charge in [0.15, 0.2) is 5.43 Å².